The van der Waals surface area contributed by atoms with Crippen molar-refractivity contribution in [3.63, 3.8) is 0 Å². The molecule has 0 radical (unpaired) electrons. The highest BCUT2D eigenvalue weighted by atomic mass is 16.5. The molecular weight excluding hydrogens is 240 g/mol. The molecule has 0 spiro atoms. The highest BCUT2D eigenvalue weighted by molar-refractivity contribution is 5.48. The summed E-state index contributed by atoms with van der Waals surface area (Å²) in [6, 6.07) is 11.8. The number of nitrogens with one attached hydrogen (secondary N) is 1. The third-order valence-corrected chi connectivity index (χ3v) is 2.69. The third kappa shape index (κ3) is 4.67. The maximum absolute atomic E-state index is 5.69. The van der Waals surface area contributed by atoms with E-state index in [2.05, 4.69) is 10.2 Å². The molecule has 0 aliphatic heterocycles. The molecule has 1 N–H and O–H groups in total. The molecule has 0 amide bonds. The predicted octanol–water partition coefficient (Wildman–Crippen LogP) is 2.83. The SMILES string of the molecule is CN(C)CCOc1cccc(NCc2ccco2)c1. The van der Waals surface area contributed by atoms with Crippen LogP contribution in [0.25, 0.3) is 0 Å². The predicted molar refractivity (Wildman–Crippen MR) is 76.5 cm³/mol. The number of anilines is 1. The van der Waals surface area contributed by atoms with E-state index in [9.17, 15) is 0 Å². The largest absolute Gasteiger partial charge is 0.492 e. The van der Waals surface area contributed by atoms with Crippen LogP contribution in [-0.4, -0.2) is 32.1 Å². The summed E-state index contributed by atoms with van der Waals surface area (Å²) in [4.78, 5) is 2.10. The van der Waals surface area contributed by atoms with Crippen LogP contribution in [0, 0.1) is 0 Å². The molecule has 1 heterocycles. The van der Waals surface area contributed by atoms with Gasteiger partial charge < -0.3 is 19.4 Å². The molecule has 1 aromatic carbocycles. The fraction of sp³-hybridized carbons (Fsp3) is 0.333. The summed E-state index contributed by atoms with van der Waals surface area (Å²) >= 11 is 0. The van der Waals surface area contributed by atoms with Crippen LogP contribution in [0.3, 0.4) is 0 Å². The second-order valence-corrected chi connectivity index (χ2v) is 4.61. The summed E-state index contributed by atoms with van der Waals surface area (Å²) in [5.74, 6) is 1.80. The van der Waals surface area contributed by atoms with Crippen molar-refractivity contribution >= 4 is 5.69 Å². The van der Waals surface area contributed by atoms with Crippen LogP contribution in [0.1, 0.15) is 5.76 Å². The topological polar surface area (TPSA) is 37.6 Å². The van der Waals surface area contributed by atoms with E-state index >= 15 is 0 Å². The second kappa shape index (κ2) is 6.85. The van der Waals surface area contributed by atoms with Crippen LogP contribution in [0.15, 0.2) is 47.1 Å². The molecule has 1 aromatic heterocycles. The van der Waals surface area contributed by atoms with Crippen molar-refractivity contribution in [1.29, 1.82) is 0 Å². The van der Waals surface area contributed by atoms with E-state index < -0.39 is 0 Å². The molecule has 102 valence electrons. The zero-order valence-corrected chi connectivity index (χ0v) is 11.4. The van der Waals surface area contributed by atoms with Gasteiger partial charge in [-0.2, -0.15) is 0 Å². The summed E-state index contributed by atoms with van der Waals surface area (Å²) in [7, 11) is 4.06. The Morgan fingerprint density at radius 2 is 2.11 bits per heavy atom. The molecule has 0 bridgehead atoms. The van der Waals surface area contributed by atoms with E-state index in [1.165, 1.54) is 0 Å². The van der Waals surface area contributed by atoms with Crippen molar-refractivity contribution < 1.29 is 9.15 Å². The maximum atomic E-state index is 5.69. The normalized spacial score (nSPS) is 10.7. The molecule has 0 aliphatic carbocycles. The van der Waals surface area contributed by atoms with Crippen molar-refractivity contribution in [3.05, 3.63) is 48.4 Å². The van der Waals surface area contributed by atoms with E-state index in [-0.39, 0.29) is 0 Å². The average Bonchev–Trinajstić information content (AvgIpc) is 2.89. The van der Waals surface area contributed by atoms with Crippen molar-refractivity contribution in [3.8, 4) is 5.75 Å². The average molecular weight is 260 g/mol. The fourth-order valence-corrected chi connectivity index (χ4v) is 1.64. The molecule has 4 heteroatoms. The maximum Gasteiger partial charge on any atom is 0.122 e. The van der Waals surface area contributed by atoms with Crippen LogP contribution < -0.4 is 10.1 Å². The molecule has 2 aromatic rings. The van der Waals surface area contributed by atoms with E-state index in [0.717, 1.165) is 23.7 Å². The molecule has 4 nitrogen and oxygen atoms in total. The molecule has 2 rings (SSSR count). The van der Waals surface area contributed by atoms with Crippen LogP contribution in [0.5, 0.6) is 5.75 Å². The summed E-state index contributed by atoms with van der Waals surface area (Å²) in [6.45, 7) is 2.27. The third-order valence-electron chi connectivity index (χ3n) is 2.69. The van der Waals surface area contributed by atoms with Gasteiger partial charge in [0.15, 0.2) is 0 Å². The molecule has 19 heavy (non-hydrogen) atoms. The summed E-state index contributed by atoms with van der Waals surface area (Å²) in [5, 5.41) is 3.30. The van der Waals surface area contributed by atoms with Crippen LogP contribution >= 0.6 is 0 Å². The van der Waals surface area contributed by atoms with Gasteiger partial charge in [-0.15, -0.1) is 0 Å². The zero-order valence-electron chi connectivity index (χ0n) is 11.4. The first kappa shape index (κ1) is 13.5. The minimum Gasteiger partial charge on any atom is -0.492 e. The minimum absolute atomic E-state index is 0.675. The van der Waals surface area contributed by atoms with Crippen LogP contribution in [-0.2, 0) is 6.54 Å². The fourth-order valence-electron chi connectivity index (χ4n) is 1.64. The van der Waals surface area contributed by atoms with Gasteiger partial charge in [0.05, 0.1) is 12.8 Å². The van der Waals surface area contributed by atoms with E-state index in [4.69, 9.17) is 9.15 Å². The standard InChI is InChI=1S/C15H20N2O2/c1-17(2)8-10-19-14-6-3-5-13(11-14)16-12-15-7-4-9-18-15/h3-7,9,11,16H,8,10,12H2,1-2H3. The molecule has 0 aliphatic rings. The lowest BCUT2D eigenvalue weighted by Crippen LogP contribution is -2.19. The second-order valence-electron chi connectivity index (χ2n) is 4.61. The highest BCUT2D eigenvalue weighted by Crippen LogP contribution is 2.18. The van der Waals surface area contributed by atoms with Gasteiger partial charge in [-0.25, -0.2) is 0 Å². The molecule has 0 unspecified atom stereocenters. The van der Waals surface area contributed by atoms with E-state index in [0.29, 0.717) is 13.2 Å². The van der Waals surface area contributed by atoms with Crippen molar-refractivity contribution in [1.82, 2.24) is 4.90 Å². The molecule has 0 saturated heterocycles. The Kier molecular flexibility index (Phi) is 4.86. The Morgan fingerprint density at radius 1 is 1.21 bits per heavy atom. The first-order valence-electron chi connectivity index (χ1n) is 6.38. The summed E-state index contributed by atoms with van der Waals surface area (Å²) < 4.78 is 11.0. The zero-order chi connectivity index (χ0) is 13.5. The van der Waals surface area contributed by atoms with Gasteiger partial charge >= 0.3 is 0 Å². The van der Waals surface area contributed by atoms with Gasteiger partial charge in [0.2, 0.25) is 0 Å². The van der Waals surface area contributed by atoms with Crippen molar-refractivity contribution in [2.24, 2.45) is 0 Å². The van der Waals surface area contributed by atoms with Gasteiger partial charge in [-0.05, 0) is 38.4 Å². The number of ether oxygens (including phenoxy) is 1. The number of likely N-dealkylation sites (N-methyl/N-ethyl adjacent to an activating group) is 1. The van der Waals surface area contributed by atoms with E-state index in [1.807, 2.05) is 50.5 Å². The molecule has 0 atom stereocenters. The highest BCUT2D eigenvalue weighted by Gasteiger charge is 1.99. The molecule has 0 saturated carbocycles. The Morgan fingerprint density at radius 3 is 2.84 bits per heavy atom. The first-order chi connectivity index (χ1) is 9.24. The Bertz CT molecular complexity index is 481. The lowest BCUT2D eigenvalue weighted by atomic mass is 10.3. The van der Waals surface area contributed by atoms with Crippen LogP contribution in [0.4, 0.5) is 5.69 Å². The van der Waals surface area contributed by atoms with E-state index in [1.54, 1.807) is 6.26 Å². The number of rotatable bonds is 7. The molecular formula is C15H20N2O2. The Hall–Kier alpha value is -1.94. The lowest BCUT2D eigenvalue weighted by Gasteiger charge is -2.12. The molecule has 0 fully saturated rings. The summed E-state index contributed by atoms with van der Waals surface area (Å²) in [6.07, 6.45) is 1.68. The number of benzene rings is 1. The van der Waals surface area contributed by atoms with Crippen LogP contribution in [0.2, 0.25) is 0 Å². The first-order valence-corrected chi connectivity index (χ1v) is 6.38. The Balaban J connectivity index is 1.84. The quantitative estimate of drug-likeness (QED) is 0.830. The number of hydrogen-bond acceptors (Lipinski definition) is 4. The van der Waals surface area contributed by atoms with Gasteiger partial charge in [-0.3, -0.25) is 0 Å². The van der Waals surface area contributed by atoms with Gasteiger partial charge in [0.25, 0.3) is 0 Å². The Labute approximate surface area is 114 Å². The van der Waals surface area contributed by atoms with Gasteiger partial charge in [-0.1, -0.05) is 6.07 Å². The monoisotopic (exact) mass is 260 g/mol. The van der Waals surface area contributed by atoms with Gasteiger partial charge in [0.1, 0.15) is 18.1 Å². The van der Waals surface area contributed by atoms with Crippen molar-refractivity contribution in [2.45, 2.75) is 6.54 Å². The number of nitrogens with zero attached hydrogens (tertiary/aromatic N) is 1. The lowest BCUT2D eigenvalue weighted by molar-refractivity contribution is 0.261. The van der Waals surface area contributed by atoms with Crippen molar-refractivity contribution in [2.75, 3.05) is 32.6 Å². The number of hydrogen-bond donors (Lipinski definition) is 1. The smallest absolute Gasteiger partial charge is 0.122 e. The number of furan rings is 1. The summed E-state index contributed by atoms with van der Waals surface area (Å²) in [5.41, 5.74) is 1.03. The minimum atomic E-state index is 0.675. The van der Waals surface area contributed by atoms with Gasteiger partial charge in [0, 0.05) is 18.3 Å².